The molecule has 156 valence electrons. The molecular formula is C30H19ClN2. The van der Waals surface area contributed by atoms with E-state index in [2.05, 4.69) is 118 Å². The number of fused-ring (bicyclic) bond motifs is 6. The molecule has 0 amide bonds. The lowest BCUT2D eigenvalue weighted by molar-refractivity contribution is 1.17. The molecule has 0 fully saturated rings. The highest BCUT2D eigenvalue weighted by Gasteiger charge is 2.21. The molecule has 2 heterocycles. The van der Waals surface area contributed by atoms with Crippen LogP contribution in [0.5, 0.6) is 0 Å². The number of hydrogen-bond acceptors (Lipinski definition) is 0. The lowest BCUT2D eigenvalue weighted by Gasteiger charge is -2.10. The molecule has 0 unspecified atom stereocenters. The van der Waals surface area contributed by atoms with E-state index in [1.165, 1.54) is 5.39 Å². The van der Waals surface area contributed by atoms with Gasteiger partial charge < -0.3 is 9.13 Å². The Kier molecular flexibility index (Phi) is 3.93. The van der Waals surface area contributed by atoms with Gasteiger partial charge in [-0.05, 0) is 42.5 Å². The van der Waals surface area contributed by atoms with Crippen LogP contribution in [0.2, 0.25) is 5.02 Å². The zero-order valence-corrected chi connectivity index (χ0v) is 18.5. The van der Waals surface area contributed by atoms with E-state index >= 15 is 0 Å². The molecule has 2 nitrogen and oxygen atoms in total. The first kappa shape index (κ1) is 18.6. The van der Waals surface area contributed by atoms with Crippen LogP contribution in [0.4, 0.5) is 0 Å². The first-order valence-electron chi connectivity index (χ1n) is 11.1. The van der Waals surface area contributed by atoms with Crippen molar-refractivity contribution in [2.24, 2.45) is 0 Å². The van der Waals surface area contributed by atoms with E-state index in [1.807, 2.05) is 6.07 Å². The summed E-state index contributed by atoms with van der Waals surface area (Å²) in [5.41, 5.74) is 6.72. The lowest BCUT2D eigenvalue weighted by Crippen LogP contribution is -1.95. The molecule has 0 radical (unpaired) electrons. The number of aromatic nitrogens is 2. The summed E-state index contributed by atoms with van der Waals surface area (Å²) in [5, 5.41) is 5.39. The van der Waals surface area contributed by atoms with Crippen molar-refractivity contribution in [3.8, 4) is 11.4 Å². The maximum absolute atomic E-state index is 7.35. The van der Waals surface area contributed by atoms with Gasteiger partial charge in [0.2, 0.25) is 0 Å². The fraction of sp³-hybridized carbons (Fsp3) is 0. The largest absolute Gasteiger partial charge is 0.309 e. The minimum atomic E-state index is 0.786. The van der Waals surface area contributed by atoms with E-state index in [9.17, 15) is 0 Å². The molecule has 5 aromatic carbocycles. The maximum Gasteiger partial charge on any atom is 0.0753 e. The summed E-state index contributed by atoms with van der Waals surface area (Å²) >= 11 is 7.35. The Bertz CT molecular complexity index is 1800. The quantitative estimate of drug-likeness (QED) is 0.254. The molecule has 7 aromatic rings. The van der Waals surface area contributed by atoms with Crippen LogP contribution >= 0.6 is 11.6 Å². The van der Waals surface area contributed by atoms with Gasteiger partial charge in [-0.2, -0.15) is 0 Å². The molecule has 0 aliphatic carbocycles. The Morgan fingerprint density at radius 3 is 1.64 bits per heavy atom. The molecule has 0 spiro atoms. The van der Waals surface area contributed by atoms with Gasteiger partial charge in [0.05, 0.1) is 27.1 Å². The second-order valence-corrected chi connectivity index (χ2v) is 8.74. The molecule has 0 aliphatic rings. The fourth-order valence-electron chi connectivity index (χ4n) is 5.21. The van der Waals surface area contributed by atoms with Gasteiger partial charge in [-0.1, -0.05) is 84.4 Å². The van der Waals surface area contributed by atoms with Crippen LogP contribution in [0.25, 0.3) is 55.0 Å². The van der Waals surface area contributed by atoms with Gasteiger partial charge in [0, 0.05) is 32.9 Å². The first-order valence-corrected chi connectivity index (χ1v) is 11.5. The number of para-hydroxylation sites is 4. The summed E-state index contributed by atoms with van der Waals surface area (Å²) in [7, 11) is 0. The second-order valence-electron chi connectivity index (χ2n) is 8.36. The fourth-order valence-corrected chi connectivity index (χ4v) is 5.59. The Morgan fingerprint density at radius 2 is 0.970 bits per heavy atom. The van der Waals surface area contributed by atoms with E-state index in [1.54, 1.807) is 0 Å². The summed E-state index contributed by atoms with van der Waals surface area (Å²) < 4.78 is 4.62. The molecule has 0 saturated carbocycles. The van der Waals surface area contributed by atoms with Crippen molar-refractivity contribution in [1.82, 2.24) is 9.13 Å². The van der Waals surface area contributed by atoms with Crippen LogP contribution in [0.3, 0.4) is 0 Å². The molecule has 3 heteroatoms. The molecule has 0 aliphatic heterocycles. The van der Waals surface area contributed by atoms with E-state index in [0.29, 0.717) is 0 Å². The van der Waals surface area contributed by atoms with Crippen LogP contribution < -0.4 is 0 Å². The highest BCUT2D eigenvalue weighted by Crippen LogP contribution is 2.44. The van der Waals surface area contributed by atoms with Gasteiger partial charge in [0.15, 0.2) is 0 Å². The molecule has 7 rings (SSSR count). The van der Waals surface area contributed by atoms with Gasteiger partial charge in [0.25, 0.3) is 0 Å². The van der Waals surface area contributed by atoms with Crippen molar-refractivity contribution in [2.75, 3.05) is 0 Å². The van der Waals surface area contributed by atoms with Gasteiger partial charge in [-0.3, -0.25) is 0 Å². The Morgan fingerprint density at radius 1 is 0.455 bits per heavy atom. The highest BCUT2D eigenvalue weighted by atomic mass is 35.5. The van der Waals surface area contributed by atoms with Crippen molar-refractivity contribution in [2.45, 2.75) is 0 Å². The van der Waals surface area contributed by atoms with Crippen LogP contribution in [0, 0.1) is 0 Å². The van der Waals surface area contributed by atoms with Crippen molar-refractivity contribution < 1.29 is 0 Å². The van der Waals surface area contributed by atoms with Crippen LogP contribution in [-0.4, -0.2) is 9.13 Å². The summed E-state index contributed by atoms with van der Waals surface area (Å²) in [5.74, 6) is 0. The Balaban J connectivity index is 1.75. The zero-order valence-electron chi connectivity index (χ0n) is 17.7. The summed E-state index contributed by atoms with van der Waals surface area (Å²) in [4.78, 5) is 0. The third-order valence-corrected chi connectivity index (χ3v) is 6.93. The zero-order chi connectivity index (χ0) is 21.9. The van der Waals surface area contributed by atoms with Crippen molar-refractivity contribution >= 4 is 55.2 Å². The lowest BCUT2D eigenvalue weighted by atomic mass is 10.1. The summed E-state index contributed by atoms with van der Waals surface area (Å²) in [6, 6.07) is 40.4. The van der Waals surface area contributed by atoms with Crippen LogP contribution in [0.1, 0.15) is 0 Å². The first-order chi connectivity index (χ1) is 16.3. The third-order valence-electron chi connectivity index (χ3n) is 6.56. The van der Waals surface area contributed by atoms with E-state index in [4.69, 9.17) is 11.6 Å². The maximum atomic E-state index is 7.35. The number of benzene rings is 5. The number of nitrogens with zero attached hydrogens (tertiary/aromatic N) is 2. The molecule has 0 saturated heterocycles. The van der Waals surface area contributed by atoms with Gasteiger partial charge in [0.1, 0.15) is 0 Å². The smallest absolute Gasteiger partial charge is 0.0753 e. The number of hydrogen-bond donors (Lipinski definition) is 0. The third kappa shape index (κ3) is 2.56. The van der Waals surface area contributed by atoms with Gasteiger partial charge in [-0.25, -0.2) is 0 Å². The Labute approximate surface area is 195 Å². The SMILES string of the molecule is Clc1c2c3ccccc3n(-c3ccccc3)c2cc2c3ccccc3n(-c3ccccc3)c12. The molecule has 0 atom stereocenters. The molecular weight excluding hydrogens is 424 g/mol. The number of rotatable bonds is 2. The van der Waals surface area contributed by atoms with Crippen molar-refractivity contribution in [3.05, 3.63) is 120 Å². The monoisotopic (exact) mass is 442 g/mol. The Hall–Kier alpha value is -4.01. The predicted molar refractivity (Wildman–Crippen MR) is 140 cm³/mol. The topological polar surface area (TPSA) is 9.86 Å². The van der Waals surface area contributed by atoms with E-state index in [0.717, 1.165) is 54.6 Å². The minimum Gasteiger partial charge on any atom is -0.309 e. The molecule has 2 aromatic heterocycles. The van der Waals surface area contributed by atoms with Crippen LogP contribution in [0.15, 0.2) is 115 Å². The van der Waals surface area contributed by atoms with Gasteiger partial charge in [-0.15, -0.1) is 0 Å². The summed E-state index contributed by atoms with van der Waals surface area (Å²) in [6.07, 6.45) is 0. The molecule has 0 N–H and O–H groups in total. The average molecular weight is 443 g/mol. The summed E-state index contributed by atoms with van der Waals surface area (Å²) in [6.45, 7) is 0. The van der Waals surface area contributed by atoms with Crippen LogP contribution in [-0.2, 0) is 0 Å². The molecule has 33 heavy (non-hydrogen) atoms. The molecule has 0 bridgehead atoms. The predicted octanol–water partition coefficient (Wildman–Crippen LogP) is 8.53. The minimum absolute atomic E-state index is 0.786. The van der Waals surface area contributed by atoms with Crippen molar-refractivity contribution in [3.63, 3.8) is 0 Å². The van der Waals surface area contributed by atoms with Gasteiger partial charge >= 0.3 is 0 Å². The number of halogens is 1. The van der Waals surface area contributed by atoms with E-state index < -0.39 is 0 Å². The highest BCUT2D eigenvalue weighted by molar-refractivity contribution is 6.44. The van der Waals surface area contributed by atoms with Crippen molar-refractivity contribution in [1.29, 1.82) is 0 Å². The standard InChI is InChI=1S/C30H19ClN2/c31-29-28-23-16-8-10-18-26(23)32(20-11-3-1-4-12-20)27(28)19-24-22-15-7-9-17-25(22)33(30(24)29)21-13-5-2-6-14-21/h1-19H. The average Bonchev–Trinajstić information content (AvgIpc) is 3.39. The van der Waals surface area contributed by atoms with E-state index in [-0.39, 0.29) is 0 Å². The second kappa shape index (κ2) is 6.99. The normalized spacial score (nSPS) is 11.8.